The SMILES string of the molecule is CCOc1ccccc1C(=O)NCC(=O)OCCCc1nc(-c2cccnc2)no1. The Hall–Kier alpha value is -3.75. The van der Waals surface area contributed by atoms with Gasteiger partial charge in [-0.05, 0) is 37.6 Å². The second-order valence-electron chi connectivity index (χ2n) is 6.19. The summed E-state index contributed by atoms with van der Waals surface area (Å²) in [6.07, 6.45) is 4.30. The number of amides is 1. The molecule has 30 heavy (non-hydrogen) atoms. The average molecular weight is 410 g/mol. The Morgan fingerprint density at radius 1 is 1.17 bits per heavy atom. The molecule has 0 bridgehead atoms. The number of nitrogens with one attached hydrogen (secondary N) is 1. The monoisotopic (exact) mass is 410 g/mol. The first-order valence-corrected chi connectivity index (χ1v) is 9.56. The summed E-state index contributed by atoms with van der Waals surface area (Å²) < 4.78 is 15.7. The van der Waals surface area contributed by atoms with Gasteiger partial charge in [-0.2, -0.15) is 4.98 Å². The van der Waals surface area contributed by atoms with Crippen molar-refractivity contribution in [2.75, 3.05) is 19.8 Å². The van der Waals surface area contributed by atoms with Crippen LogP contribution >= 0.6 is 0 Å². The molecule has 0 radical (unpaired) electrons. The molecule has 3 rings (SSSR count). The Morgan fingerprint density at radius 2 is 2.03 bits per heavy atom. The van der Waals surface area contributed by atoms with Crippen molar-refractivity contribution >= 4 is 11.9 Å². The molecule has 0 aliphatic rings. The molecule has 9 nitrogen and oxygen atoms in total. The van der Waals surface area contributed by atoms with Crippen molar-refractivity contribution in [3.05, 3.63) is 60.2 Å². The van der Waals surface area contributed by atoms with Crippen LogP contribution in [0.1, 0.15) is 29.6 Å². The van der Waals surface area contributed by atoms with Crippen molar-refractivity contribution in [1.29, 1.82) is 0 Å². The normalized spacial score (nSPS) is 10.4. The summed E-state index contributed by atoms with van der Waals surface area (Å²) in [4.78, 5) is 32.4. The number of nitrogens with zero attached hydrogens (tertiary/aromatic N) is 3. The zero-order valence-electron chi connectivity index (χ0n) is 16.5. The Morgan fingerprint density at radius 3 is 2.83 bits per heavy atom. The van der Waals surface area contributed by atoms with Crippen molar-refractivity contribution in [1.82, 2.24) is 20.4 Å². The number of para-hydroxylation sites is 1. The van der Waals surface area contributed by atoms with Crippen molar-refractivity contribution in [2.24, 2.45) is 0 Å². The summed E-state index contributed by atoms with van der Waals surface area (Å²) in [5.41, 5.74) is 1.13. The fourth-order valence-corrected chi connectivity index (χ4v) is 2.61. The summed E-state index contributed by atoms with van der Waals surface area (Å²) >= 11 is 0. The number of pyridine rings is 1. The van der Waals surface area contributed by atoms with Crippen LogP contribution in [0.25, 0.3) is 11.4 Å². The van der Waals surface area contributed by atoms with Gasteiger partial charge in [0, 0.05) is 24.4 Å². The van der Waals surface area contributed by atoms with Crippen LogP contribution in [0.3, 0.4) is 0 Å². The van der Waals surface area contributed by atoms with Crippen molar-refractivity contribution in [3.8, 4) is 17.1 Å². The molecule has 2 aromatic heterocycles. The molecule has 3 aromatic rings. The van der Waals surface area contributed by atoms with Crippen LogP contribution in [0.5, 0.6) is 5.75 Å². The standard InChI is InChI=1S/C21H22N4O5/c1-2-28-17-9-4-3-8-16(17)21(27)23-14-19(26)29-12-6-10-18-24-20(25-30-18)15-7-5-11-22-13-15/h3-5,7-9,11,13H,2,6,10,12,14H2,1H3,(H,23,27). The van der Waals surface area contributed by atoms with Gasteiger partial charge in [-0.1, -0.05) is 17.3 Å². The number of rotatable bonds is 10. The van der Waals surface area contributed by atoms with E-state index in [1.165, 1.54) is 0 Å². The van der Waals surface area contributed by atoms with Crippen molar-refractivity contribution < 1.29 is 23.6 Å². The minimum absolute atomic E-state index is 0.175. The van der Waals surface area contributed by atoms with Gasteiger partial charge >= 0.3 is 5.97 Å². The number of aryl methyl sites for hydroxylation is 1. The molecule has 1 N–H and O–H groups in total. The molecule has 1 aromatic carbocycles. The molecule has 0 spiro atoms. The Balaban J connectivity index is 1.37. The highest BCUT2D eigenvalue weighted by Gasteiger charge is 2.14. The molecule has 9 heteroatoms. The van der Waals surface area contributed by atoms with Gasteiger partial charge in [-0.3, -0.25) is 14.6 Å². The molecular formula is C21H22N4O5. The molecule has 0 fully saturated rings. The van der Waals surface area contributed by atoms with E-state index in [2.05, 4.69) is 20.4 Å². The lowest BCUT2D eigenvalue weighted by Gasteiger charge is -2.10. The number of benzene rings is 1. The van der Waals surface area contributed by atoms with Crippen LogP contribution in [-0.4, -0.2) is 46.8 Å². The molecule has 0 unspecified atom stereocenters. The third-order valence-electron chi connectivity index (χ3n) is 4.01. The first-order chi connectivity index (χ1) is 14.7. The maximum Gasteiger partial charge on any atom is 0.325 e. The molecule has 0 atom stereocenters. The lowest BCUT2D eigenvalue weighted by Crippen LogP contribution is -2.31. The second-order valence-corrected chi connectivity index (χ2v) is 6.19. The quantitative estimate of drug-likeness (QED) is 0.400. The number of hydrogen-bond acceptors (Lipinski definition) is 8. The summed E-state index contributed by atoms with van der Waals surface area (Å²) in [5.74, 6) is 0.454. The molecule has 156 valence electrons. The van der Waals surface area contributed by atoms with E-state index in [1.807, 2.05) is 13.0 Å². The topological polar surface area (TPSA) is 116 Å². The highest BCUT2D eigenvalue weighted by Crippen LogP contribution is 2.17. The van der Waals surface area contributed by atoms with E-state index < -0.39 is 11.9 Å². The summed E-state index contributed by atoms with van der Waals surface area (Å²) in [7, 11) is 0. The first kappa shape index (κ1) is 21.0. The van der Waals surface area contributed by atoms with Gasteiger partial charge in [0.25, 0.3) is 5.91 Å². The maximum atomic E-state index is 12.2. The summed E-state index contributed by atoms with van der Waals surface area (Å²) in [5, 5.41) is 6.44. The van der Waals surface area contributed by atoms with E-state index in [4.69, 9.17) is 14.0 Å². The third-order valence-corrected chi connectivity index (χ3v) is 4.01. The smallest absolute Gasteiger partial charge is 0.325 e. The minimum atomic E-state index is -0.529. The largest absolute Gasteiger partial charge is 0.493 e. The van der Waals surface area contributed by atoms with Crippen LogP contribution < -0.4 is 10.1 Å². The number of hydrogen-bond donors (Lipinski definition) is 1. The fraction of sp³-hybridized carbons (Fsp3) is 0.286. The zero-order valence-corrected chi connectivity index (χ0v) is 16.5. The van der Waals surface area contributed by atoms with Crippen LogP contribution in [0.4, 0.5) is 0 Å². The van der Waals surface area contributed by atoms with E-state index in [1.54, 1.807) is 42.7 Å². The zero-order chi connectivity index (χ0) is 21.2. The second kappa shape index (κ2) is 10.7. The van der Waals surface area contributed by atoms with Crippen molar-refractivity contribution in [2.45, 2.75) is 19.8 Å². The minimum Gasteiger partial charge on any atom is -0.493 e. The molecular weight excluding hydrogens is 388 g/mol. The Labute approximate surface area is 173 Å². The van der Waals surface area contributed by atoms with Crippen molar-refractivity contribution in [3.63, 3.8) is 0 Å². The van der Waals surface area contributed by atoms with Gasteiger partial charge in [-0.25, -0.2) is 0 Å². The summed E-state index contributed by atoms with van der Waals surface area (Å²) in [6.45, 7) is 2.22. The summed E-state index contributed by atoms with van der Waals surface area (Å²) in [6, 6.07) is 10.5. The highest BCUT2D eigenvalue weighted by atomic mass is 16.5. The maximum absolute atomic E-state index is 12.2. The predicted molar refractivity (Wildman–Crippen MR) is 107 cm³/mol. The number of aromatic nitrogens is 3. The Kier molecular flexibility index (Phi) is 7.48. The third kappa shape index (κ3) is 5.87. The molecule has 0 aliphatic carbocycles. The van der Waals surface area contributed by atoms with Gasteiger partial charge in [0.15, 0.2) is 0 Å². The van der Waals surface area contributed by atoms with Gasteiger partial charge in [0.2, 0.25) is 11.7 Å². The lowest BCUT2D eigenvalue weighted by atomic mass is 10.2. The van der Waals surface area contributed by atoms with Crippen LogP contribution in [0.2, 0.25) is 0 Å². The molecule has 1 amide bonds. The highest BCUT2D eigenvalue weighted by molar-refractivity contribution is 5.98. The number of ether oxygens (including phenoxy) is 2. The molecule has 0 saturated carbocycles. The Bertz CT molecular complexity index is 974. The predicted octanol–water partition coefficient (Wildman–Crippen LogP) is 2.44. The molecule has 2 heterocycles. The fourth-order valence-electron chi connectivity index (χ4n) is 2.61. The average Bonchev–Trinajstić information content (AvgIpc) is 3.25. The van der Waals surface area contributed by atoms with Crippen LogP contribution in [0, 0.1) is 0 Å². The lowest BCUT2D eigenvalue weighted by molar-refractivity contribution is -0.142. The number of carbonyl (C=O) groups is 2. The van der Waals surface area contributed by atoms with E-state index in [0.717, 1.165) is 5.56 Å². The van der Waals surface area contributed by atoms with Gasteiger partial charge in [-0.15, -0.1) is 0 Å². The van der Waals surface area contributed by atoms with E-state index >= 15 is 0 Å². The number of carbonyl (C=O) groups excluding carboxylic acids is 2. The van der Waals surface area contributed by atoms with Gasteiger partial charge in [0.05, 0.1) is 18.8 Å². The van der Waals surface area contributed by atoms with E-state index in [0.29, 0.717) is 42.5 Å². The molecule has 0 aliphatic heterocycles. The number of esters is 1. The van der Waals surface area contributed by atoms with Crippen LogP contribution in [0.15, 0.2) is 53.3 Å². The molecule has 0 saturated heterocycles. The van der Waals surface area contributed by atoms with Gasteiger partial charge in [0.1, 0.15) is 12.3 Å². The van der Waals surface area contributed by atoms with E-state index in [-0.39, 0.29) is 13.2 Å². The first-order valence-electron chi connectivity index (χ1n) is 9.56. The van der Waals surface area contributed by atoms with Gasteiger partial charge < -0.3 is 19.3 Å². The van der Waals surface area contributed by atoms with Crippen LogP contribution in [-0.2, 0) is 16.0 Å². The van der Waals surface area contributed by atoms with E-state index in [9.17, 15) is 9.59 Å².